The standard InChI is InChI=1S/C21H25FN4S/c1-26(21-19-10-11-23-20(19)24-14-25-21)18-8-4-16(5-9-18)13-27-12-15-2-6-17(22)7-3-15/h2-3,6-7,10-11,14,16,18H,4-5,8-9,12-13H2,1H3,(H,23,24,25). The third-order valence-corrected chi connectivity index (χ3v) is 6.81. The Hall–Kier alpha value is -2.08. The van der Waals surface area contributed by atoms with E-state index in [9.17, 15) is 4.39 Å². The van der Waals surface area contributed by atoms with Crippen LogP contribution in [0.1, 0.15) is 31.2 Å². The fourth-order valence-corrected chi connectivity index (χ4v) is 5.15. The van der Waals surface area contributed by atoms with Crippen molar-refractivity contribution in [1.82, 2.24) is 15.0 Å². The van der Waals surface area contributed by atoms with Crippen molar-refractivity contribution in [2.45, 2.75) is 37.5 Å². The number of H-pyrrole nitrogens is 1. The molecule has 1 aromatic carbocycles. The highest BCUT2D eigenvalue weighted by Gasteiger charge is 2.25. The van der Waals surface area contributed by atoms with Crippen LogP contribution in [-0.2, 0) is 5.75 Å². The SMILES string of the molecule is CN(c1ncnc2[nH]ccc12)C1CCC(CSCc2ccc(F)cc2)CC1. The number of hydrogen-bond acceptors (Lipinski definition) is 4. The maximum absolute atomic E-state index is 13.0. The van der Waals surface area contributed by atoms with Gasteiger partial charge in [-0.15, -0.1) is 0 Å². The molecule has 0 aliphatic heterocycles. The van der Waals surface area contributed by atoms with Crippen molar-refractivity contribution in [2.24, 2.45) is 5.92 Å². The molecule has 1 aliphatic rings. The van der Waals surface area contributed by atoms with E-state index in [0.717, 1.165) is 28.5 Å². The molecule has 1 fully saturated rings. The summed E-state index contributed by atoms with van der Waals surface area (Å²) in [7, 11) is 2.16. The smallest absolute Gasteiger partial charge is 0.142 e. The zero-order chi connectivity index (χ0) is 18.6. The number of fused-ring (bicyclic) bond motifs is 1. The first-order valence-electron chi connectivity index (χ1n) is 9.54. The van der Waals surface area contributed by atoms with E-state index in [1.807, 2.05) is 30.1 Å². The van der Waals surface area contributed by atoms with Gasteiger partial charge in [0.15, 0.2) is 0 Å². The Morgan fingerprint density at radius 2 is 1.89 bits per heavy atom. The van der Waals surface area contributed by atoms with Gasteiger partial charge in [0.25, 0.3) is 0 Å². The van der Waals surface area contributed by atoms with Crippen LogP contribution < -0.4 is 4.90 Å². The predicted octanol–water partition coefficient (Wildman–Crippen LogP) is 5.03. The highest BCUT2D eigenvalue weighted by atomic mass is 32.2. The first-order valence-corrected chi connectivity index (χ1v) is 10.7. The summed E-state index contributed by atoms with van der Waals surface area (Å²) in [4.78, 5) is 14.3. The van der Waals surface area contributed by atoms with Gasteiger partial charge in [0.1, 0.15) is 23.6 Å². The highest BCUT2D eigenvalue weighted by molar-refractivity contribution is 7.98. The summed E-state index contributed by atoms with van der Waals surface area (Å²) in [5.74, 6) is 3.79. The number of aromatic nitrogens is 3. The van der Waals surface area contributed by atoms with Gasteiger partial charge < -0.3 is 9.88 Å². The molecule has 0 saturated heterocycles. The number of halogens is 1. The zero-order valence-corrected chi connectivity index (χ0v) is 16.4. The predicted molar refractivity (Wildman–Crippen MR) is 111 cm³/mol. The number of hydrogen-bond donors (Lipinski definition) is 1. The molecule has 0 bridgehead atoms. The summed E-state index contributed by atoms with van der Waals surface area (Å²) >= 11 is 1.97. The molecule has 0 amide bonds. The molecule has 142 valence electrons. The quantitative estimate of drug-likeness (QED) is 0.648. The number of anilines is 1. The molecule has 4 rings (SSSR count). The molecule has 0 atom stereocenters. The molecule has 1 aliphatic carbocycles. The number of nitrogens with one attached hydrogen (secondary N) is 1. The van der Waals surface area contributed by atoms with Gasteiger partial charge in [0.2, 0.25) is 0 Å². The molecular weight excluding hydrogens is 359 g/mol. The van der Waals surface area contributed by atoms with Crippen molar-refractivity contribution in [3.63, 3.8) is 0 Å². The van der Waals surface area contributed by atoms with Gasteiger partial charge in [-0.1, -0.05) is 12.1 Å². The minimum Gasteiger partial charge on any atom is -0.356 e. The van der Waals surface area contributed by atoms with E-state index in [2.05, 4.69) is 33.0 Å². The third-order valence-electron chi connectivity index (χ3n) is 5.57. The highest BCUT2D eigenvalue weighted by Crippen LogP contribution is 2.33. The van der Waals surface area contributed by atoms with Gasteiger partial charge in [0.05, 0.1) is 5.39 Å². The molecule has 1 N–H and O–H groups in total. The zero-order valence-electron chi connectivity index (χ0n) is 15.6. The molecule has 6 heteroatoms. The van der Waals surface area contributed by atoms with Crippen LogP contribution in [-0.4, -0.2) is 33.8 Å². The molecule has 1 saturated carbocycles. The summed E-state index contributed by atoms with van der Waals surface area (Å²) in [5.41, 5.74) is 2.10. The van der Waals surface area contributed by atoms with E-state index < -0.39 is 0 Å². The van der Waals surface area contributed by atoms with Crippen LogP contribution in [0.15, 0.2) is 42.9 Å². The van der Waals surface area contributed by atoms with Gasteiger partial charge in [-0.25, -0.2) is 14.4 Å². The van der Waals surface area contributed by atoms with Crippen LogP contribution in [0, 0.1) is 11.7 Å². The molecular formula is C21H25FN4S. The Balaban J connectivity index is 1.27. The molecule has 2 heterocycles. The van der Waals surface area contributed by atoms with Crippen LogP contribution in [0.5, 0.6) is 0 Å². The molecule has 4 nitrogen and oxygen atoms in total. The van der Waals surface area contributed by atoms with Crippen molar-refractivity contribution < 1.29 is 4.39 Å². The summed E-state index contributed by atoms with van der Waals surface area (Å²) in [6, 6.07) is 9.46. The van der Waals surface area contributed by atoms with Crippen LogP contribution in [0.2, 0.25) is 0 Å². The third kappa shape index (κ3) is 4.26. The maximum atomic E-state index is 13.0. The summed E-state index contributed by atoms with van der Waals surface area (Å²) in [5, 5.41) is 1.09. The van der Waals surface area contributed by atoms with Crippen LogP contribution in [0.4, 0.5) is 10.2 Å². The Labute approximate surface area is 163 Å². The number of rotatable bonds is 6. The van der Waals surface area contributed by atoms with Crippen molar-refractivity contribution in [3.05, 3.63) is 54.2 Å². The summed E-state index contributed by atoms with van der Waals surface area (Å²) in [6.45, 7) is 0. The lowest BCUT2D eigenvalue weighted by molar-refractivity contribution is 0.344. The largest absolute Gasteiger partial charge is 0.356 e. The monoisotopic (exact) mass is 384 g/mol. The van der Waals surface area contributed by atoms with Gasteiger partial charge in [0, 0.05) is 25.0 Å². The first-order chi connectivity index (χ1) is 13.2. The second-order valence-electron chi connectivity index (χ2n) is 7.36. The van der Waals surface area contributed by atoms with Crippen molar-refractivity contribution in [2.75, 3.05) is 17.7 Å². The summed E-state index contributed by atoms with van der Waals surface area (Å²) < 4.78 is 13.0. The second-order valence-corrected chi connectivity index (χ2v) is 8.39. The minimum absolute atomic E-state index is 0.160. The van der Waals surface area contributed by atoms with E-state index in [1.54, 1.807) is 18.5 Å². The fraction of sp³-hybridized carbons (Fsp3) is 0.429. The fourth-order valence-electron chi connectivity index (χ4n) is 3.94. The molecule has 0 radical (unpaired) electrons. The molecule has 0 unspecified atom stereocenters. The lowest BCUT2D eigenvalue weighted by Gasteiger charge is -2.35. The normalized spacial score (nSPS) is 20.1. The van der Waals surface area contributed by atoms with E-state index in [-0.39, 0.29) is 5.82 Å². The van der Waals surface area contributed by atoms with E-state index in [1.165, 1.54) is 37.0 Å². The maximum Gasteiger partial charge on any atom is 0.142 e. The van der Waals surface area contributed by atoms with Crippen molar-refractivity contribution >= 4 is 28.6 Å². The van der Waals surface area contributed by atoms with Crippen LogP contribution in [0.25, 0.3) is 11.0 Å². The Morgan fingerprint density at radius 3 is 2.67 bits per heavy atom. The minimum atomic E-state index is -0.160. The Kier molecular flexibility index (Phi) is 5.62. The lowest BCUT2D eigenvalue weighted by Crippen LogP contribution is -2.36. The molecule has 27 heavy (non-hydrogen) atoms. The van der Waals surface area contributed by atoms with Gasteiger partial charge in [-0.05, 0) is 61.1 Å². The van der Waals surface area contributed by atoms with Gasteiger partial charge in [-0.2, -0.15) is 11.8 Å². The molecule has 2 aromatic heterocycles. The topological polar surface area (TPSA) is 44.8 Å². The van der Waals surface area contributed by atoms with Crippen molar-refractivity contribution in [1.29, 1.82) is 0 Å². The number of aromatic amines is 1. The van der Waals surface area contributed by atoms with Crippen LogP contribution >= 0.6 is 11.8 Å². The molecule has 0 spiro atoms. The molecule has 3 aromatic rings. The van der Waals surface area contributed by atoms with Gasteiger partial charge >= 0.3 is 0 Å². The lowest BCUT2D eigenvalue weighted by atomic mass is 9.86. The Morgan fingerprint density at radius 1 is 1.11 bits per heavy atom. The first kappa shape index (κ1) is 18.3. The van der Waals surface area contributed by atoms with E-state index in [0.29, 0.717) is 6.04 Å². The number of nitrogens with zero attached hydrogens (tertiary/aromatic N) is 3. The van der Waals surface area contributed by atoms with Crippen molar-refractivity contribution in [3.8, 4) is 0 Å². The van der Waals surface area contributed by atoms with E-state index in [4.69, 9.17) is 0 Å². The average molecular weight is 385 g/mol. The van der Waals surface area contributed by atoms with Gasteiger partial charge in [-0.3, -0.25) is 0 Å². The summed E-state index contributed by atoms with van der Waals surface area (Å²) in [6.07, 6.45) is 8.48. The van der Waals surface area contributed by atoms with E-state index >= 15 is 0 Å². The number of benzene rings is 1. The van der Waals surface area contributed by atoms with Crippen LogP contribution in [0.3, 0.4) is 0 Å². The average Bonchev–Trinajstić information content (AvgIpc) is 3.18. The second kappa shape index (κ2) is 8.30. The number of thioether (sulfide) groups is 1. The Bertz CT molecular complexity index is 871.